The van der Waals surface area contributed by atoms with Crippen LogP contribution in [0.15, 0.2) is 12.1 Å². The Bertz CT molecular complexity index is 423. The molecule has 5 heteroatoms. The molecule has 114 valence electrons. The second-order valence-electron chi connectivity index (χ2n) is 5.24. The van der Waals surface area contributed by atoms with Crippen LogP contribution < -0.4 is 14.8 Å². The standard InChI is InChI=1S/C15H25ClN2O2/c1-11(2)20-15-9-13(16)12(8-14(15)19-5)10-17-6-7-18(3)4/h8-9,11,17H,6-7,10H2,1-5H3. The lowest BCUT2D eigenvalue weighted by Crippen LogP contribution is -2.26. The van der Waals surface area contributed by atoms with Gasteiger partial charge in [-0.3, -0.25) is 0 Å². The first-order valence-electron chi connectivity index (χ1n) is 6.82. The van der Waals surface area contributed by atoms with E-state index in [1.807, 2.05) is 26.0 Å². The average Bonchev–Trinajstić information content (AvgIpc) is 2.35. The number of ether oxygens (including phenoxy) is 2. The third-order valence-electron chi connectivity index (χ3n) is 2.75. The van der Waals surface area contributed by atoms with Gasteiger partial charge in [0.05, 0.1) is 13.2 Å². The predicted octanol–water partition coefficient (Wildman–Crippen LogP) is 2.79. The van der Waals surface area contributed by atoms with Gasteiger partial charge in [-0.15, -0.1) is 0 Å². The normalized spacial score (nSPS) is 11.2. The van der Waals surface area contributed by atoms with Crippen LogP contribution in [0.25, 0.3) is 0 Å². The van der Waals surface area contributed by atoms with Crippen molar-refractivity contribution in [3.63, 3.8) is 0 Å². The Hall–Kier alpha value is -0.970. The van der Waals surface area contributed by atoms with Gasteiger partial charge in [0.25, 0.3) is 0 Å². The molecule has 0 unspecified atom stereocenters. The van der Waals surface area contributed by atoms with E-state index in [1.54, 1.807) is 7.11 Å². The molecule has 0 aliphatic rings. The van der Waals surface area contributed by atoms with Crippen LogP contribution in [0.4, 0.5) is 0 Å². The average molecular weight is 301 g/mol. The molecule has 4 nitrogen and oxygen atoms in total. The minimum Gasteiger partial charge on any atom is -0.493 e. The number of halogens is 1. The fourth-order valence-corrected chi connectivity index (χ4v) is 1.96. The van der Waals surface area contributed by atoms with Crippen LogP contribution in [0.2, 0.25) is 5.02 Å². The maximum atomic E-state index is 6.30. The highest BCUT2D eigenvalue weighted by atomic mass is 35.5. The van der Waals surface area contributed by atoms with Crippen molar-refractivity contribution < 1.29 is 9.47 Å². The Kier molecular flexibility index (Phi) is 7.13. The van der Waals surface area contributed by atoms with Crippen molar-refractivity contribution in [1.82, 2.24) is 10.2 Å². The van der Waals surface area contributed by atoms with Gasteiger partial charge in [0.2, 0.25) is 0 Å². The van der Waals surface area contributed by atoms with Gasteiger partial charge in [0.1, 0.15) is 0 Å². The number of benzene rings is 1. The van der Waals surface area contributed by atoms with E-state index in [-0.39, 0.29) is 6.10 Å². The number of nitrogens with one attached hydrogen (secondary N) is 1. The van der Waals surface area contributed by atoms with Crippen molar-refractivity contribution in [2.75, 3.05) is 34.3 Å². The van der Waals surface area contributed by atoms with E-state index in [0.29, 0.717) is 23.1 Å². The van der Waals surface area contributed by atoms with Crippen molar-refractivity contribution in [2.24, 2.45) is 0 Å². The summed E-state index contributed by atoms with van der Waals surface area (Å²) in [6, 6.07) is 3.76. The summed E-state index contributed by atoms with van der Waals surface area (Å²) in [5.74, 6) is 1.40. The number of likely N-dealkylation sites (N-methyl/N-ethyl adjacent to an activating group) is 1. The maximum Gasteiger partial charge on any atom is 0.163 e. The molecule has 0 heterocycles. The zero-order valence-corrected chi connectivity index (χ0v) is 13.8. The Balaban J connectivity index is 2.72. The summed E-state index contributed by atoms with van der Waals surface area (Å²) < 4.78 is 11.1. The van der Waals surface area contributed by atoms with Crippen LogP contribution in [0.3, 0.4) is 0 Å². The molecule has 0 saturated carbocycles. The van der Waals surface area contributed by atoms with Gasteiger partial charge in [-0.05, 0) is 39.6 Å². The third kappa shape index (κ3) is 5.57. The summed E-state index contributed by atoms with van der Waals surface area (Å²) in [6.45, 7) is 6.57. The van der Waals surface area contributed by atoms with Crippen LogP contribution in [-0.2, 0) is 6.54 Å². The first-order chi connectivity index (χ1) is 9.43. The van der Waals surface area contributed by atoms with E-state index >= 15 is 0 Å². The Labute approximate surface area is 127 Å². The molecule has 0 spiro atoms. The molecule has 1 aromatic carbocycles. The smallest absolute Gasteiger partial charge is 0.163 e. The first kappa shape index (κ1) is 17.1. The van der Waals surface area contributed by atoms with Gasteiger partial charge in [-0.2, -0.15) is 0 Å². The third-order valence-corrected chi connectivity index (χ3v) is 3.10. The molecule has 0 saturated heterocycles. The zero-order valence-electron chi connectivity index (χ0n) is 13.0. The van der Waals surface area contributed by atoms with Gasteiger partial charge in [0.15, 0.2) is 11.5 Å². The molecule has 20 heavy (non-hydrogen) atoms. The lowest BCUT2D eigenvalue weighted by molar-refractivity contribution is 0.230. The largest absolute Gasteiger partial charge is 0.493 e. The molecule has 1 N–H and O–H groups in total. The molecular weight excluding hydrogens is 276 g/mol. The maximum absolute atomic E-state index is 6.30. The van der Waals surface area contributed by atoms with Crippen molar-refractivity contribution in [1.29, 1.82) is 0 Å². The summed E-state index contributed by atoms with van der Waals surface area (Å²) >= 11 is 6.30. The van der Waals surface area contributed by atoms with Crippen LogP contribution in [0, 0.1) is 0 Å². The lowest BCUT2D eigenvalue weighted by atomic mass is 10.2. The second kappa shape index (κ2) is 8.35. The highest BCUT2D eigenvalue weighted by Gasteiger charge is 2.11. The summed E-state index contributed by atoms with van der Waals surface area (Å²) in [7, 11) is 5.74. The molecular formula is C15H25ClN2O2. The number of hydrogen-bond acceptors (Lipinski definition) is 4. The van der Waals surface area contributed by atoms with Gasteiger partial charge in [-0.1, -0.05) is 11.6 Å². The van der Waals surface area contributed by atoms with E-state index in [0.717, 1.165) is 18.7 Å². The predicted molar refractivity (Wildman–Crippen MR) is 84.0 cm³/mol. The molecule has 0 fully saturated rings. The Morgan fingerprint density at radius 3 is 2.50 bits per heavy atom. The summed E-state index contributed by atoms with van der Waals surface area (Å²) in [6.07, 6.45) is 0.0871. The first-order valence-corrected chi connectivity index (χ1v) is 7.20. The van der Waals surface area contributed by atoms with Gasteiger partial charge < -0.3 is 19.7 Å². The molecule has 0 bridgehead atoms. The highest BCUT2D eigenvalue weighted by molar-refractivity contribution is 6.31. The number of rotatable bonds is 8. The molecule has 0 radical (unpaired) electrons. The van der Waals surface area contributed by atoms with E-state index in [1.165, 1.54) is 0 Å². The molecule has 1 aromatic rings. The van der Waals surface area contributed by atoms with E-state index in [4.69, 9.17) is 21.1 Å². The summed E-state index contributed by atoms with van der Waals surface area (Å²) in [5.41, 5.74) is 1.01. The molecule has 0 amide bonds. The minimum atomic E-state index is 0.0871. The molecule has 0 aliphatic heterocycles. The molecule has 0 aliphatic carbocycles. The number of methoxy groups -OCH3 is 1. The van der Waals surface area contributed by atoms with Crippen molar-refractivity contribution in [3.05, 3.63) is 22.7 Å². The van der Waals surface area contributed by atoms with Crippen LogP contribution in [0.1, 0.15) is 19.4 Å². The second-order valence-corrected chi connectivity index (χ2v) is 5.65. The molecule has 1 rings (SSSR count). The van der Waals surface area contributed by atoms with Crippen molar-refractivity contribution in [2.45, 2.75) is 26.5 Å². The van der Waals surface area contributed by atoms with E-state index < -0.39 is 0 Å². The minimum absolute atomic E-state index is 0.0871. The van der Waals surface area contributed by atoms with Crippen LogP contribution in [0.5, 0.6) is 11.5 Å². The van der Waals surface area contributed by atoms with Crippen LogP contribution in [-0.4, -0.2) is 45.3 Å². The monoisotopic (exact) mass is 300 g/mol. The summed E-state index contributed by atoms with van der Waals surface area (Å²) in [5, 5.41) is 4.06. The summed E-state index contributed by atoms with van der Waals surface area (Å²) in [4.78, 5) is 2.13. The van der Waals surface area contributed by atoms with Gasteiger partial charge in [-0.25, -0.2) is 0 Å². The quantitative estimate of drug-likeness (QED) is 0.749. The van der Waals surface area contributed by atoms with Gasteiger partial charge >= 0.3 is 0 Å². The zero-order chi connectivity index (χ0) is 15.1. The SMILES string of the molecule is COc1cc(CNCCN(C)C)c(Cl)cc1OC(C)C. The lowest BCUT2D eigenvalue weighted by Gasteiger charge is -2.16. The molecule has 0 aromatic heterocycles. The fraction of sp³-hybridized carbons (Fsp3) is 0.600. The van der Waals surface area contributed by atoms with Crippen molar-refractivity contribution >= 4 is 11.6 Å². The fourth-order valence-electron chi connectivity index (χ4n) is 1.74. The highest BCUT2D eigenvalue weighted by Crippen LogP contribution is 2.33. The van der Waals surface area contributed by atoms with Gasteiger partial charge in [0, 0.05) is 30.7 Å². The van der Waals surface area contributed by atoms with Crippen molar-refractivity contribution in [3.8, 4) is 11.5 Å². The van der Waals surface area contributed by atoms with E-state index in [9.17, 15) is 0 Å². The number of hydrogen-bond donors (Lipinski definition) is 1. The number of nitrogens with zero attached hydrogens (tertiary/aromatic N) is 1. The Morgan fingerprint density at radius 1 is 1.25 bits per heavy atom. The van der Waals surface area contributed by atoms with Crippen LogP contribution >= 0.6 is 11.6 Å². The van der Waals surface area contributed by atoms with E-state index in [2.05, 4.69) is 24.3 Å². The topological polar surface area (TPSA) is 33.7 Å². The molecule has 0 atom stereocenters. The Morgan fingerprint density at radius 2 is 1.95 bits per heavy atom.